The second-order valence-electron chi connectivity index (χ2n) is 10.5. The number of carbonyl (C=O) groups is 3. The van der Waals surface area contributed by atoms with Gasteiger partial charge in [0.1, 0.15) is 17.9 Å². The van der Waals surface area contributed by atoms with Gasteiger partial charge in [-0.3, -0.25) is 24.6 Å². The van der Waals surface area contributed by atoms with E-state index >= 15 is 0 Å². The van der Waals surface area contributed by atoms with Gasteiger partial charge in [0.15, 0.2) is 0 Å². The molecule has 4 aliphatic rings. The number of rotatable bonds is 6. The molecule has 194 valence electrons. The average Bonchev–Trinajstić information content (AvgIpc) is 3.19. The first-order valence-corrected chi connectivity index (χ1v) is 13.2. The third-order valence-electron chi connectivity index (χ3n) is 8.27. The number of benzene rings is 1. The van der Waals surface area contributed by atoms with E-state index in [4.69, 9.17) is 9.47 Å². The Labute approximate surface area is 216 Å². The third-order valence-corrected chi connectivity index (χ3v) is 8.27. The number of pyridine rings is 1. The maximum absolute atomic E-state index is 13.0. The number of nitrogens with zero attached hydrogens (tertiary/aromatic N) is 3. The molecule has 6 rings (SSSR count). The highest BCUT2D eigenvalue weighted by atomic mass is 16.5. The van der Waals surface area contributed by atoms with Crippen molar-refractivity contribution in [2.45, 2.75) is 69.2 Å². The van der Waals surface area contributed by atoms with Gasteiger partial charge in [-0.05, 0) is 61.1 Å². The van der Waals surface area contributed by atoms with Crippen LogP contribution in [0.4, 0.5) is 0 Å². The highest BCUT2D eigenvalue weighted by Gasteiger charge is 2.41. The van der Waals surface area contributed by atoms with Gasteiger partial charge in [0.25, 0.3) is 5.91 Å². The van der Waals surface area contributed by atoms with Crippen molar-refractivity contribution in [2.24, 2.45) is 0 Å². The largest absolute Gasteiger partial charge is 0.489 e. The monoisotopic (exact) mass is 504 g/mol. The summed E-state index contributed by atoms with van der Waals surface area (Å²) in [7, 11) is 1.64. The van der Waals surface area contributed by atoms with Gasteiger partial charge < -0.3 is 14.4 Å². The second kappa shape index (κ2) is 9.78. The first-order valence-electron chi connectivity index (χ1n) is 13.2. The third kappa shape index (κ3) is 4.56. The van der Waals surface area contributed by atoms with Crippen LogP contribution in [-0.4, -0.2) is 70.9 Å². The zero-order valence-corrected chi connectivity index (χ0v) is 21.0. The van der Waals surface area contributed by atoms with Crippen molar-refractivity contribution >= 4 is 17.7 Å². The zero-order chi connectivity index (χ0) is 25.5. The van der Waals surface area contributed by atoms with Crippen LogP contribution in [0.1, 0.15) is 65.9 Å². The summed E-state index contributed by atoms with van der Waals surface area (Å²) in [5, 5.41) is 2.35. The molecule has 4 heterocycles. The van der Waals surface area contributed by atoms with E-state index in [9.17, 15) is 14.4 Å². The van der Waals surface area contributed by atoms with Crippen LogP contribution in [0.3, 0.4) is 0 Å². The number of hydrogen-bond acceptors (Lipinski definition) is 7. The standard InChI is InChI=1S/C28H32N4O5/c1-36-26-13-17(10-11-29-26)19-14-31(15-19)22-4-2-3-5-24(22)37-20-6-7-21-18(12-20)16-32(28(21)35)23-8-9-25(33)30-27(23)34/h6-7,10-13,19,22-24H,2-5,8-9,14-16H2,1H3,(H,30,33,34)/t22-,23?,24+/m1/s1. The predicted octanol–water partition coefficient (Wildman–Crippen LogP) is 2.64. The maximum Gasteiger partial charge on any atom is 0.255 e. The second-order valence-corrected chi connectivity index (χ2v) is 10.5. The van der Waals surface area contributed by atoms with Gasteiger partial charge in [-0.2, -0.15) is 0 Å². The molecule has 1 unspecified atom stereocenters. The van der Waals surface area contributed by atoms with Crippen molar-refractivity contribution in [3.8, 4) is 11.6 Å². The normalized spacial score (nSPS) is 26.5. The Morgan fingerprint density at radius 3 is 2.68 bits per heavy atom. The van der Waals surface area contributed by atoms with Gasteiger partial charge in [0, 0.05) is 55.8 Å². The smallest absolute Gasteiger partial charge is 0.255 e. The van der Waals surface area contributed by atoms with E-state index in [1.165, 1.54) is 12.0 Å². The van der Waals surface area contributed by atoms with Crippen LogP contribution in [0.5, 0.6) is 11.6 Å². The first kappa shape index (κ1) is 23.9. The van der Waals surface area contributed by atoms with E-state index in [0.29, 0.717) is 36.4 Å². The number of likely N-dealkylation sites (tertiary alicyclic amines) is 1. The summed E-state index contributed by atoms with van der Waals surface area (Å²) in [6.45, 7) is 2.35. The lowest BCUT2D eigenvalue weighted by molar-refractivity contribution is -0.136. The number of ether oxygens (including phenoxy) is 2. The summed E-state index contributed by atoms with van der Waals surface area (Å²) in [6.07, 6.45) is 6.99. The Kier molecular flexibility index (Phi) is 6.32. The molecule has 37 heavy (non-hydrogen) atoms. The minimum absolute atomic E-state index is 0.100. The number of nitrogens with one attached hydrogen (secondary N) is 1. The number of imide groups is 1. The minimum atomic E-state index is -0.607. The van der Waals surface area contributed by atoms with Gasteiger partial charge in [0.05, 0.1) is 7.11 Å². The summed E-state index contributed by atoms with van der Waals surface area (Å²) in [4.78, 5) is 45.2. The highest BCUT2D eigenvalue weighted by Crippen LogP contribution is 2.37. The number of amides is 3. The lowest BCUT2D eigenvalue weighted by atomic mass is 9.84. The number of hydrogen-bond donors (Lipinski definition) is 1. The van der Waals surface area contributed by atoms with Gasteiger partial charge >= 0.3 is 0 Å². The molecule has 9 heteroatoms. The molecule has 3 amide bonds. The molecule has 0 bridgehead atoms. The van der Waals surface area contributed by atoms with Crippen molar-refractivity contribution in [2.75, 3.05) is 20.2 Å². The molecule has 3 atom stereocenters. The quantitative estimate of drug-likeness (QED) is 0.604. The van der Waals surface area contributed by atoms with E-state index < -0.39 is 11.9 Å². The molecule has 2 saturated heterocycles. The maximum atomic E-state index is 13.0. The van der Waals surface area contributed by atoms with E-state index in [2.05, 4.69) is 21.3 Å². The number of methoxy groups -OCH3 is 1. The van der Waals surface area contributed by atoms with Crippen molar-refractivity contribution in [1.82, 2.24) is 20.1 Å². The number of carbonyl (C=O) groups excluding carboxylic acids is 3. The van der Waals surface area contributed by atoms with Crippen molar-refractivity contribution in [3.05, 3.63) is 53.2 Å². The van der Waals surface area contributed by atoms with Gasteiger partial charge in [-0.1, -0.05) is 6.42 Å². The van der Waals surface area contributed by atoms with Crippen LogP contribution in [0.15, 0.2) is 36.5 Å². The summed E-state index contributed by atoms with van der Waals surface area (Å²) in [6, 6.07) is 9.50. The fraction of sp³-hybridized carbons (Fsp3) is 0.500. The molecule has 0 spiro atoms. The van der Waals surface area contributed by atoms with E-state index in [1.807, 2.05) is 30.5 Å². The van der Waals surface area contributed by atoms with Gasteiger partial charge in [0.2, 0.25) is 17.7 Å². The number of aromatic nitrogens is 1. The Hall–Kier alpha value is -3.46. The summed E-state index contributed by atoms with van der Waals surface area (Å²) in [5.41, 5.74) is 2.74. The van der Waals surface area contributed by atoms with Crippen molar-refractivity contribution in [1.29, 1.82) is 0 Å². The van der Waals surface area contributed by atoms with Gasteiger partial charge in [-0.25, -0.2) is 4.98 Å². The SMILES string of the molecule is COc1cc(C2CN([C@@H]3CCCC[C@@H]3Oc3ccc4c(c3)CN(C3CCC(=O)NC3=O)C4=O)C2)ccn1. The fourth-order valence-electron chi connectivity index (χ4n) is 6.22. The average molecular weight is 505 g/mol. The molecule has 1 saturated carbocycles. The first-order chi connectivity index (χ1) is 18.0. The van der Waals surface area contributed by atoms with Crippen molar-refractivity contribution < 1.29 is 23.9 Å². The highest BCUT2D eigenvalue weighted by molar-refractivity contribution is 6.05. The molecular formula is C28H32N4O5. The molecule has 3 fully saturated rings. The van der Waals surface area contributed by atoms with E-state index in [1.54, 1.807) is 12.0 Å². The Morgan fingerprint density at radius 1 is 1.03 bits per heavy atom. The minimum Gasteiger partial charge on any atom is -0.489 e. The predicted molar refractivity (Wildman–Crippen MR) is 134 cm³/mol. The molecule has 0 radical (unpaired) electrons. The van der Waals surface area contributed by atoms with Crippen LogP contribution in [0.25, 0.3) is 0 Å². The molecule has 1 aliphatic carbocycles. The summed E-state index contributed by atoms with van der Waals surface area (Å²) in [5.74, 6) is 1.06. The van der Waals surface area contributed by atoms with E-state index in [0.717, 1.165) is 43.7 Å². The van der Waals surface area contributed by atoms with Gasteiger partial charge in [-0.15, -0.1) is 0 Å². The molecule has 2 aromatic rings. The van der Waals surface area contributed by atoms with Crippen molar-refractivity contribution in [3.63, 3.8) is 0 Å². The summed E-state index contributed by atoms with van der Waals surface area (Å²) >= 11 is 0. The van der Waals surface area contributed by atoms with Crippen LogP contribution < -0.4 is 14.8 Å². The van der Waals surface area contributed by atoms with E-state index in [-0.39, 0.29) is 24.3 Å². The number of fused-ring (bicyclic) bond motifs is 1. The van der Waals surface area contributed by atoms with Crippen LogP contribution >= 0.6 is 0 Å². The lowest BCUT2D eigenvalue weighted by Gasteiger charge is -2.48. The zero-order valence-electron chi connectivity index (χ0n) is 21.0. The molecule has 3 aliphatic heterocycles. The van der Waals surface area contributed by atoms with Crippen LogP contribution in [-0.2, 0) is 16.1 Å². The molecular weight excluding hydrogens is 472 g/mol. The molecule has 1 N–H and O–H groups in total. The van der Waals surface area contributed by atoms with Crippen LogP contribution in [0.2, 0.25) is 0 Å². The van der Waals surface area contributed by atoms with Crippen LogP contribution in [0, 0.1) is 0 Å². The fourth-order valence-corrected chi connectivity index (χ4v) is 6.22. The molecule has 1 aromatic heterocycles. The Bertz CT molecular complexity index is 1230. The summed E-state index contributed by atoms with van der Waals surface area (Å²) < 4.78 is 11.8. The lowest BCUT2D eigenvalue weighted by Crippen LogP contribution is -2.57. The molecule has 1 aromatic carbocycles. The Morgan fingerprint density at radius 2 is 1.86 bits per heavy atom. The molecule has 9 nitrogen and oxygen atoms in total. The topological polar surface area (TPSA) is 101 Å². The Balaban J connectivity index is 1.11. The number of piperidine rings is 1.